The summed E-state index contributed by atoms with van der Waals surface area (Å²) in [5.74, 6) is 0.628. The van der Waals surface area contributed by atoms with Crippen LogP contribution < -0.4 is 15.4 Å². The molecule has 150 valence electrons. The lowest BCUT2D eigenvalue weighted by molar-refractivity contribution is -0.117. The van der Waals surface area contributed by atoms with Gasteiger partial charge in [0.05, 0.1) is 17.8 Å². The van der Waals surface area contributed by atoms with Crippen LogP contribution in [-0.4, -0.2) is 18.1 Å². The number of aryl methyl sites for hydroxylation is 1. The van der Waals surface area contributed by atoms with Crippen molar-refractivity contribution in [2.24, 2.45) is 0 Å². The first kappa shape index (κ1) is 21.5. The second-order valence-electron chi connectivity index (χ2n) is 7.29. The van der Waals surface area contributed by atoms with Gasteiger partial charge in [0.25, 0.3) is 5.91 Å². The highest BCUT2D eigenvalue weighted by atomic mass is 16.5. The van der Waals surface area contributed by atoms with Crippen LogP contribution in [0.25, 0.3) is 0 Å². The van der Waals surface area contributed by atoms with E-state index in [1.165, 1.54) is 0 Å². The van der Waals surface area contributed by atoms with Crippen molar-refractivity contribution in [2.75, 3.05) is 5.32 Å². The number of nitrogens with one attached hydrogen (secondary N) is 2. The summed E-state index contributed by atoms with van der Waals surface area (Å²) in [5, 5.41) is 6.26. The minimum Gasteiger partial charge on any atom is -0.491 e. The van der Waals surface area contributed by atoms with Crippen molar-refractivity contribution in [1.82, 2.24) is 5.32 Å². The van der Waals surface area contributed by atoms with Crippen LogP contribution in [-0.2, 0) is 4.79 Å². The van der Waals surface area contributed by atoms with Crippen molar-refractivity contribution in [3.8, 4) is 5.75 Å². The van der Waals surface area contributed by atoms with Gasteiger partial charge in [-0.25, -0.2) is 0 Å². The number of carbonyl (C=O) groups excluding carboxylic acids is 1. The van der Waals surface area contributed by atoms with Gasteiger partial charge in [-0.3, -0.25) is 4.79 Å². The number of benzene rings is 1. The fourth-order valence-corrected chi connectivity index (χ4v) is 3.05. The van der Waals surface area contributed by atoms with E-state index in [0.717, 1.165) is 41.8 Å². The van der Waals surface area contributed by atoms with Gasteiger partial charge in [-0.15, -0.1) is 0 Å². The van der Waals surface area contributed by atoms with Gasteiger partial charge >= 0.3 is 0 Å². The number of carbonyl (C=O) groups is 1. The largest absolute Gasteiger partial charge is 0.491 e. The first-order chi connectivity index (χ1) is 13.4. The maximum absolute atomic E-state index is 12.7. The van der Waals surface area contributed by atoms with Crippen LogP contribution >= 0.6 is 0 Å². The second kappa shape index (κ2) is 10.5. The lowest BCUT2D eigenvalue weighted by Gasteiger charge is -2.21. The molecule has 0 saturated carbocycles. The average Bonchev–Trinajstić information content (AvgIpc) is 2.92. The molecule has 1 aromatic carbocycles. The maximum atomic E-state index is 12.7. The Bertz CT molecular complexity index is 788. The second-order valence-corrected chi connectivity index (χ2v) is 7.29. The lowest BCUT2D eigenvalue weighted by atomic mass is 10.0. The predicted octanol–water partition coefficient (Wildman–Crippen LogP) is 5.44. The molecule has 1 aromatic rings. The SMILES string of the molecule is C=C(Nc1ccc(OC(C)C)cc1C)C(=O)N[C@H](CCC)C1=CCC=CC=C1. The predicted molar refractivity (Wildman–Crippen MR) is 118 cm³/mol. The third kappa shape index (κ3) is 6.45. The summed E-state index contributed by atoms with van der Waals surface area (Å²) in [4.78, 5) is 12.7. The molecule has 0 heterocycles. The van der Waals surface area contributed by atoms with Gasteiger partial charge in [0, 0.05) is 5.69 Å². The van der Waals surface area contributed by atoms with E-state index in [9.17, 15) is 4.79 Å². The molecule has 0 aliphatic heterocycles. The number of anilines is 1. The molecule has 4 heteroatoms. The van der Waals surface area contributed by atoms with Crippen molar-refractivity contribution >= 4 is 11.6 Å². The van der Waals surface area contributed by atoms with Crippen LogP contribution in [0.1, 0.15) is 45.6 Å². The van der Waals surface area contributed by atoms with E-state index in [4.69, 9.17) is 4.74 Å². The quantitative estimate of drug-likeness (QED) is 0.561. The molecule has 1 aliphatic rings. The van der Waals surface area contributed by atoms with E-state index in [1.807, 2.05) is 51.1 Å². The van der Waals surface area contributed by atoms with Crippen molar-refractivity contribution in [3.05, 3.63) is 72.0 Å². The van der Waals surface area contributed by atoms with E-state index < -0.39 is 0 Å². The van der Waals surface area contributed by atoms with Gasteiger partial charge in [-0.1, -0.05) is 50.3 Å². The third-order valence-electron chi connectivity index (χ3n) is 4.44. The summed E-state index contributed by atoms with van der Waals surface area (Å²) in [6, 6.07) is 5.75. The summed E-state index contributed by atoms with van der Waals surface area (Å²) in [6.07, 6.45) is 13.2. The molecule has 4 nitrogen and oxygen atoms in total. The van der Waals surface area contributed by atoms with E-state index in [-0.39, 0.29) is 18.1 Å². The summed E-state index contributed by atoms with van der Waals surface area (Å²) >= 11 is 0. The maximum Gasteiger partial charge on any atom is 0.267 e. The number of hydrogen-bond donors (Lipinski definition) is 2. The Morgan fingerprint density at radius 3 is 2.75 bits per heavy atom. The van der Waals surface area contributed by atoms with Crippen LogP contribution in [0.3, 0.4) is 0 Å². The number of allylic oxidation sites excluding steroid dienone is 4. The van der Waals surface area contributed by atoms with E-state index in [1.54, 1.807) is 0 Å². The molecular weight excluding hydrogens is 348 g/mol. The molecule has 1 aliphatic carbocycles. The van der Waals surface area contributed by atoms with Crippen molar-refractivity contribution < 1.29 is 9.53 Å². The van der Waals surface area contributed by atoms with Crippen LogP contribution in [0.4, 0.5) is 5.69 Å². The Balaban J connectivity index is 2.03. The minimum atomic E-state index is -0.188. The number of rotatable bonds is 9. The molecular formula is C24H32N2O2. The van der Waals surface area contributed by atoms with Crippen LogP contribution in [0.15, 0.2) is 66.4 Å². The van der Waals surface area contributed by atoms with Crippen molar-refractivity contribution in [3.63, 3.8) is 0 Å². The molecule has 0 aromatic heterocycles. The summed E-state index contributed by atoms with van der Waals surface area (Å²) in [7, 11) is 0. The Morgan fingerprint density at radius 1 is 1.29 bits per heavy atom. The molecule has 1 amide bonds. The topological polar surface area (TPSA) is 50.4 Å². The molecule has 0 saturated heterocycles. The Kier molecular flexibility index (Phi) is 8.12. The average molecular weight is 381 g/mol. The normalized spacial score (nSPS) is 14.2. The van der Waals surface area contributed by atoms with E-state index in [0.29, 0.717) is 5.70 Å². The molecule has 2 rings (SSSR count). The van der Waals surface area contributed by atoms with Gasteiger partial charge in [-0.2, -0.15) is 0 Å². The lowest BCUT2D eigenvalue weighted by Crippen LogP contribution is -2.38. The third-order valence-corrected chi connectivity index (χ3v) is 4.44. The Morgan fingerprint density at radius 2 is 2.07 bits per heavy atom. The Labute approximate surface area is 169 Å². The molecule has 0 fully saturated rings. The molecule has 0 radical (unpaired) electrons. The standard InChI is InChI=1S/C24H32N2O2/c1-6-11-23(20-12-9-7-8-10-13-20)26-24(27)19(5)25-22-15-14-21(16-18(22)4)28-17(2)3/h7-9,12-17,23,25H,5-6,10-11H2,1-4H3,(H,26,27)/t23-/m1/s1. The summed E-state index contributed by atoms with van der Waals surface area (Å²) in [5.41, 5.74) is 3.32. The smallest absolute Gasteiger partial charge is 0.267 e. The van der Waals surface area contributed by atoms with E-state index in [2.05, 4.69) is 42.4 Å². The number of amides is 1. The highest BCUT2D eigenvalue weighted by Crippen LogP contribution is 2.23. The molecule has 2 N–H and O–H groups in total. The van der Waals surface area contributed by atoms with Crippen molar-refractivity contribution in [2.45, 2.75) is 59.1 Å². The monoisotopic (exact) mass is 380 g/mol. The zero-order valence-electron chi connectivity index (χ0n) is 17.4. The zero-order valence-corrected chi connectivity index (χ0v) is 17.4. The van der Waals surface area contributed by atoms with Gasteiger partial charge in [-0.05, 0) is 62.9 Å². The first-order valence-corrected chi connectivity index (χ1v) is 9.98. The van der Waals surface area contributed by atoms with Gasteiger partial charge in [0.15, 0.2) is 0 Å². The van der Waals surface area contributed by atoms with Crippen LogP contribution in [0.5, 0.6) is 5.75 Å². The minimum absolute atomic E-state index is 0.0184. The van der Waals surface area contributed by atoms with Crippen molar-refractivity contribution in [1.29, 1.82) is 0 Å². The number of ether oxygens (including phenoxy) is 1. The summed E-state index contributed by atoms with van der Waals surface area (Å²) < 4.78 is 5.71. The molecule has 0 spiro atoms. The molecule has 0 unspecified atom stereocenters. The van der Waals surface area contributed by atoms with Gasteiger partial charge in [0.2, 0.25) is 0 Å². The van der Waals surface area contributed by atoms with Crippen LogP contribution in [0.2, 0.25) is 0 Å². The molecule has 28 heavy (non-hydrogen) atoms. The number of hydrogen-bond acceptors (Lipinski definition) is 3. The highest BCUT2D eigenvalue weighted by Gasteiger charge is 2.17. The van der Waals surface area contributed by atoms with Gasteiger partial charge in [0.1, 0.15) is 5.75 Å². The first-order valence-electron chi connectivity index (χ1n) is 9.98. The highest BCUT2D eigenvalue weighted by molar-refractivity contribution is 5.96. The summed E-state index contributed by atoms with van der Waals surface area (Å²) in [6.45, 7) is 12.0. The molecule has 1 atom stereocenters. The van der Waals surface area contributed by atoms with E-state index >= 15 is 0 Å². The van der Waals surface area contributed by atoms with Gasteiger partial charge < -0.3 is 15.4 Å². The fraction of sp³-hybridized carbons (Fsp3) is 0.375. The van der Waals surface area contributed by atoms with Crippen LogP contribution in [0, 0.1) is 6.92 Å². The molecule has 0 bridgehead atoms. The zero-order chi connectivity index (χ0) is 20.5. The Hall–Kier alpha value is -2.75. The fourth-order valence-electron chi connectivity index (χ4n) is 3.05.